The zero-order valence-electron chi connectivity index (χ0n) is 15.3. The third kappa shape index (κ3) is 6.26. The first kappa shape index (κ1) is 19.0. The summed E-state index contributed by atoms with van der Waals surface area (Å²) in [6.07, 6.45) is 8.07. The molecule has 1 aliphatic rings. The minimum Gasteiger partial charge on any atom is -0.394 e. The lowest BCUT2D eigenvalue weighted by Gasteiger charge is -2.19. The number of aliphatic hydroxyl groups excluding tert-OH is 1. The fourth-order valence-corrected chi connectivity index (χ4v) is 2.42. The Morgan fingerprint density at radius 2 is 1.96 bits per heavy atom. The lowest BCUT2D eigenvalue weighted by Crippen LogP contribution is -2.23. The van der Waals surface area contributed by atoms with Crippen molar-refractivity contribution in [3.63, 3.8) is 0 Å². The van der Waals surface area contributed by atoms with Gasteiger partial charge in [-0.15, -0.1) is 0 Å². The van der Waals surface area contributed by atoms with Crippen LogP contribution in [0.2, 0.25) is 0 Å². The molecule has 0 aliphatic heterocycles. The molecule has 0 spiro atoms. The molecule has 0 aromatic carbocycles. The number of pyridine rings is 1. The second-order valence-electron chi connectivity index (χ2n) is 6.16. The van der Waals surface area contributed by atoms with Crippen molar-refractivity contribution in [1.29, 1.82) is 0 Å². The van der Waals surface area contributed by atoms with Gasteiger partial charge < -0.3 is 19.6 Å². The topological polar surface area (TPSA) is 48.8 Å². The Hall–Kier alpha value is -2.29. The molecule has 1 heterocycles. The number of anilines is 1. The van der Waals surface area contributed by atoms with E-state index in [1.54, 1.807) is 6.20 Å². The molecular weight excluding hydrogens is 314 g/mol. The molecule has 0 unspecified atom stereocenters. The number of allylic oxidation sites excluding steroid dienone is 4. The van der Waals surface area contributed by atoms with E-state index in [1.807, 2.05) is 24.1 Å². The largest absolute Gasteiger partial charge is 0.394 e. The van der Waals surface area contributed by atoms with Crippen LogP contribution in [0, 0.1) is 11.8 Å². The molecule has 1 aromatic heterocycles. The normalized spacial score (nSPS) is 13.4. The number of rotatable bonds is 7. The van der Waals surface area contributed by atoms with Gasteiger partial charge >= 0.3 is 0 Å². The van der Waals surface area contributed by atoms with Gasteiger partial charge in [0.2, 0.25) is 0 Å². The van der Waals surface area contributed by atoms with E-state index >= 15 is 0 Å². The van der Waals surface area contributed by atoms with E-state index in [2.05, 4.69) is 48.0 Å². The van der Waals surface area contributed by atoms with Gasteiger partial charge in [0.05, 0.1) is 19.8 Å². The summed E-state index contributed by atoms with van der Waals surface area (Å²) in [7, 11) is 6.11. The highest BCUT2D eigenvalue weighted by Gasteiger charge is 2.06. The minimum absolute atomic E-state index is 0.0536. The molecule has 0 amide bonds. The molecule has 2 rings (SSSR count). The van der Waals surface area contributed by atoms with E-state index in [0.717, 1.165) is 36.3 Å². The highest BCUT2D eigenvalue weighted by atomic mass is 16.5. The summed E-state index contributed by atoms with van der Waals surface area (Å²) in [4.78, 5) is 8.62. The summed E-state index contributed by atoms with van der Waals surface area (Å²) >= 11 is 0. The fraction of sp³-hybridized carbons (Fsp3) is 0.450. The predicted octanol–water partition coefficient (Wildman–Crippen LogP) is 2.04. The molecule has 1 aliphatic carbocycles. The Labute approximate surface area is 150 Å². The highest BCUT2D eigenvalue weighted by molar-refractivity contribution is 5.46. The van der Waals surface area contributed by atoms with Gasteiger partial charge in [0.1, 0.15) is 5.82 Å². The van der Waals surface area contributed by atoms with Crippen LogP contribution in [-0.4, -0.2) is 62.5 Å². The van der Waals surface area contributed by atoms with Crippen LogP contribution in [0.3, 0.4) is 0 Å². The molecule has 134 valence electrons. The average Bonchev–Trinajstić information content (AvgIpc) is 2.64. The number of likely N-dealkylation sites (N-methyl/N-ethyl adjacent to an activating group) is 1. The summed E-state index contributed by atoms with van der Waals surface area (Å²) in [6.45, 7) is 1.72. The molecule has 0 radical (unpaired) electrons. The van der Waals surface area contributed by atoms with Crippen molar-refractivity contribution in [3.8, 4) is 11.8 Å². The second kappa shape index (κ2) is 9.87. The van der Waals surface area contributed by atoms with Gasteiger partial charge in [-0.2, -0.15) is 0 Å². The van der Waals surface area contributed by atoms with Crippen molar-refractivity contribution in [2.45, 2.75) is 12.8 Å². The van der Waals surface area contributed by atoms with Crippen molar-refractivity contribution in [2.75, 3.05) is 52.4 Å². The first-order valence-electron chi connectivity index (χ1n) is 8.55. The molecule has 5 nitrogen and oxygen atoms in total. The van der Waals surface area contributed by atoms with Crippen molar-refractivity contribution >= 4 is 5.82 Å². The number of hydrogen-bond donors (Lipinski definition) is 1. The van der Waals surface area contributed by atoms with Crippen molar-refractivity contribution in [2.24, 2.45) is 0 Å². The smallest absolute Gasteiger partial charge is 0.128 e. The summed E-state index contributed by atoms with van der Waals surface area (Å²) in [5, 5.41) is 8.69. The van der Waals surface area contributed by atoms with Gasteiger partial charge in [0, 0.05) is 50.7 Å². The molecule has 0 saturated heterocycles. The van der Waals surface area contributed by atoms with Gasteiger partial charge in [-0.05, 0) is 37.1 Å². The molecule has 0 atom stereocenters. The molecule has 25 heavy (non-hydrogen) atoms. The SMILES string of the molecule is CN(C)C1=CC=C(C#Cc2ccc(N(C)CCOCCO)nc2)CC1. The molecule has 1 aromatic rings. The first-order chi connectivity index (χ1) is 12.1. The Bertz CT molecular complexity index is 666. The van der Waals surface area contributed by atoms with Gasteiger partial charge in [0.15, 0.2) is 0 Å². The molecular formula is C20H27N3O2. The fourth-order valence-electron chi connectivity index (χ4n) is 2.42. The maximum absolute atomic E-state index is 8.69. The van der Waals surface area contributed by atoms with Crippen LogP contribution in [0.15, 0.2) is 41.8 Å². The van der Waals surface area contributed by atoms with Gasteiger partial charge in [-0.25, -0.2) is 4.98 Å². The molecule has 1 N–H and O–H groups in total. The third-order valence-corrected chi connectivity index (χ3v) is 4.01. The van der Waals surface area contributed by atoms with E-state index in [-0.39, 0.29) is 6.61 Å². The number of aromatic nitrogens is 1. The van der Waals surface area contributed by atoms with E-state index in [4.69, 9.17) is 9.84 Å². The van der Waals surface area contributed by atoms with E-state index in [1.165, 1.54) is 5.70 Å². The van der Waals surface area contributed by atoms with Crippen molar-refractivity contribution < 1.29 is 9.84 Å². The summed E-state index contributed by atoms with van der Waals surface area (Å²) in [5.41, 5.74) is 3.41. The lowest BCUT2D eigenvalue weighted by atomic mass is 10.0. The van der Waals surface area contributed by atoms with Gasteiger partial charge in [0.25, 0.3) is 0 Å². The van der Waals surface area contributed by atoms with E-state index in [0.29, 0.717) is 13.2 Å². The minimum atomic E-state index is 0.0536. The number of ether oxygens (including phenoxy) is 1. The van der Waals surface area contributed by atoms with Crippen LogP contribution in [0.1, 0.15) is 18.4 Å². The lowest BCUT2D eigenvalue weighted by molar-refractivity contribution is 0.0970. The number of nitrogens with zero attached hydrogens (tertiary/aromatic N) is 3. The molecule has 5 heteroatoms. The van der Waals surface area contributed by atoms with E-state index < -0.39 is 0 Å². The standard InChI is InChI=1S/C20H27N3O2/c1-22(2)19-9-6-17(7-10-19)4-5-18-8-11-20(21-16-18)23(3)12-14-25-15-13-24/h6,8-9,11,16,24H,7,10,12-15H2,1-3H3. The molecule has 0 bridgehead atoms. The maximum atomic E-state index is 8.69. The Kier molecular flexibility index (Phi) is 7.52. The third-order valence-electron chi connectivity index (χ3n) is 4.01. The van der Waals surface area contributed by atoms with Crippen molar-refractivity contribution in [1.82, 2.24) is 9.88 Å². The number of hydrogen-bond acceptors (Lipinski definition) is 5. The van der Waals surface area contributed by atoms with Gasteiger partial charge in [-0.3, -0.25) is 0 Å². The van der Waals surface area contributed by atoms with Gasteiger partial charge in [-0.1, -0.05) is 11.8 Å². The zero-order valence-corrected chi connectivity index (χ0v) is 15.3. The van der Waals surface area contributed by atoms with Crippen LogP contribution in [-0.2, 0) is 4.74 Å². The Morgan fingerprint density at radius 1 is 1.12 bits per heavy atom. The maximum Gasteiger partial charge on any atom is 0.128 e. The highest BCUT2D eigenvalue weighted by Crippen LogP contribution is 2.19. The molecule has 0 saturated carbocycles. The summed E-state index contributed by atoms with van der Waals surface area (Å²) in [5.74, 6) is 7.32. The zero-order chi connectivity index (χ0) is 18.1. The second-order valence-corrected chi connectivity index (χ2v) is 6.16. The Morgan fingerprint density at radius 3 is 2.56 bits per heavy atom. The predicted molar refractivity (Wildman–Crippen MR) is 101 cm³/mol. The van der Waals surface area contributed by atoms with Crippen molar-refractivity contribution in [3.05, 3.63) is 47.3 Å². The quantitative estimate of drug-likeness (QED) is 0.608. The average molecular weight is 341 g/mol. The summed E-state index contributed by atoms with van der Waals surface area (Å²) in [6, 6.07) is 3.96. The first-order valence-corrected chi connectivity index (χ1v) is 8.55. The van der Waals surface area contributed by atoms with E-state index in [9.17, 15) is 0 Å². The monoisotopic (exact) mass is 341 g/mol. The Balaban J connectivity index is 1.91. The summed E-state index contributed by atoms with van der Waals surface area (Å²) < 4.78 is 5.27. The van der Waals surface area contributed by atoms with Crippen LogP contribution in [0.25, 0.3) is 0 Å². The van der Waals surface area contributed by atoms with Crippen LogP contribution < -0.4 is 4.90 Å². The number of aliphatic hydroxyl groups is 1. The van der Waals surface area contributed by atoms with Crippen LogP contribution >= 0.6 is 0 Å². The van der Waals surface area contributed by atoms with Crippen LogP contribution in [0.4, 0.5) is 5.82 Å². The molecule has 0 fully saturated rings. The van der Waals surface area contributed by atoms with Crippen LogP contribution in [0.5, 0.6) is 0 Å².